The van der Waals surface area contributed by atoms with E-state index < -0.39 is 0 Å². The number of aromatic nitrogens is 1. The van der Waals surface area contributed by atoms with E-state index in [1.165, 1.54) is 6.39 Å². The van der Waals surface area contributed by atoms with Crippen molar-refractivity contribution in [1.29, 1.82) is 0 Å². The second kappa shape index (κ2) is 5.57. The molecule has 0 atom stereocenters. The van der Waals surface area contributed by atoms with Crippen molar-refractivity contribution in [2.45, 2.75) is 20.1 Å². The predicted molar refractivity (Wildman–Crippen MR) is 73.8 cm³/mol. The van der Waals surface area contributed by atoms with Crippen LogP contribution in [0.25, 0.3) is 0 Å². The van der Waals surface area contributed by atoms with Crippen LogP contribution in [0.15, 0.2) is 29.0 Å². The van der Waals surface area contributed by atoms with Gasteiger partial charge in [-0.2, -0.15) is 0 Å². The molecule has 0 unspecified atom stereocenters. The van der Waals surface area contributed by atoms with Crippen LogP contribution in [-0.2, 0) is 13.2 Å². The summed E-state index contributed by atoms with van der Waals surface area (Å²) in [7, 11) is 0. The summed E-state index contributed by atoms with van der Waals surface area (Å²) >= 11 is 0. The maximum Gasteiger partial charge on any atom is 0.276 e. The molecule has 0 fully saturated rings. The van der Waals surface area contributed by atoms with Crippen LogP contribution in [0, 0.1) is 6.92 Å². The van der Waals surface area contributed by atoms with Crippen molar-refractivity contribution in [3.8, 4) is 5.75 Å². The number of fused-ring (bicyclic) bond motifs is 1. The lowest BCUT2D eigenvalue weighted by atomic mass is 10.1. The minimum absolute atomic E-state index is 0.0381. The van der Waals surface area contributed by atoms with E-state index in [2.05, 4.69) is 4.98 Å². The van der Waals surface area contributed by atoms with Gasteiger partial charge in [0.2, 0.25) is 0 Å². The number of oxazole rings is 1. The molecule has 2 heterocycles. The normalized spacial score (nSPS) is 14.3. The standard InChI is InChI=1S/C15H16N2O4/c1-10-14(16-9-21-10)15(19)17-4-5-20-13-3-2-11(8-18)6-12(13)7-17/h2-3,6,9,18H,4-5,7-8H2,1H3. The lowest BCUT2D eigenvalue weighted by Gasteiger charge is -2.18. The molecule has 1 aromatic heterocycles. The highest BCUT2D eigenvalue weighted by Crippen LogP contribution is 2.25. The Morgan fingerprint density at radius 3 is 3.05 bits per heavy atom. The summed E-state index contributed by atoms with van der Waals surface area (Å²) in [6.45, 7) is 3.01. The van der Waals surface area contributed by atoms with Gasteiger partial charge in [0.1, 0.15) is 18.1 Å². The van der Waals surface area contributed by atoms with Gasteiger partial charge < -0.3 is 19.2 Å². The van der Waals surface area contributed by atoms with Crippen LogP contribution < -0.4 is 4.74 Å². The van der Waals surface area contributed by atoms with E-state index in [1.807, 2.05) is 18.2 Å². The second-order valence-electron chi connectivity index (χ2n) is 4.93. The predicted octanol–water partition coefficient (Wildman–Crippen LogP) is 1.51. The summed E-state index contributed by atoms with van der Waals surface area (Å²) in [6.07, 6.45) is 1.27. The molecule has 1 aliphatic heterocycles. The Morgan fingerprint density at radius 1 is 1.48 bits per heavy atom. The van der Waals surface area contributed by atoms with Crippen LogP contribution in [0.4, 0.5) is 0 Å². The topological polar surface area (TPSA) is 75.8 Å². The number of amides is 1. The van der Waals surface area contributed by atoms with Gasteiger partial charge in [-0.25, -0.2) is 4.98 Å². The highest BCUT2D eigenvalue weighted by molar-refractivity contribution is 5.93. The molecule has 0 radical (unpaired) electrons. The van der Waals surface area contributed by atoms with Crippen molar-refractivity contribution in [3.63, 3.8) is 0 Å². The molecule has 0 aliphatic carbocycles. The third kappa shape index (κ3) is 2.62. The van der Waals surface area contributed by atoms with Crippen LogP contribution in [0.1, 0.15) is 27.4 Å². The lowest BCUT2D eigenvalue weighted by Crippen LogP contribution is -2.33. The van der Waals surface area contributed by atoms with Crippen LogP contribution in [0.2, 0.25) is 0 Å². The molecule has 110 valence electrons. The molecule has 1 aromatic carbocycles. The molecule has 0 saturated carbocycles. The number of ether oxygens (including phenoxy) is 1. The number of aliphatic hydroxyl groups is 1. The monoisotopic (exact) mass is 288 g/mol. The molecular weight excluding hydrogens is 272 g/mol. The van der Waals surface area contributed by atoms with E-state index in [0.717, 1.165) is 16.9 Å². The lowest BCUT2D eigenvalue weighted by molar-refractivity contribution is 0.0726. The Bertz CT molecular complexity index is 665. The van der Waals surface area contributed by atoms with E-state index in [1.54, 1.807) is 11.8 Å². The van der Waals surface area contributed by atoms with Crippen LogP contribution in [-0.4, -0.2) is 34.0 Å². The third-order valence-electron chi connectivity index (χ3n) is 3.52. The molecule has 1 amide bonds. The molecule has 0 bridgehead atoms. The number of aliphatic hydroxyl groups excluding tert-OH is 1. The van der Waals surface area contributed by atoms with E-state index in [9.17, 15) is 9.90 Å². The first-order valence-corrected chi connectivity index (χ1v) is 6.74. The van der Waals surface area contributed by atoms with Gasteiger partial charge in [-0.15, -0.1) is 0 Å². The minimum atomic E-state index is -0.174. The average molecular weight is 288 g/mol. The number of nitrogens with zero attached hydrogens (tertiary/aromatic N) is 2. The number of aryl methyl sites for hydroxylation is 1. The minimum Gasteiger partial charge on any atom is -0.491 e. The van der Waals surface area contributed by atoms with Gasteiger partial charge >= 0.3 is 0 Å². The van der Waals surface area contributed by atoms with Gasteiger partial charge in [0, 0.05) is 12.1 Å². The zero-order valence-corrected chi connectivity index (χ0v) is 11.7. The maximum absolute atomic E-state index is 12.5. The van der Waals surface area contributed by atoms with Gasteiger partial charge in [-0.1, -0.05) is 6.07 Å². The van der Waals surface area contributed by atoms with Gasteiger partial charge in [-0.3, -0.25) is 4.79 Å². The molecule has 3 rings (SSSR count). The maximum atomic E-state index is 12.5. The van der Waals surface area contributed by atoms with Crippen LogP contribution in [0.5, 0.6) is 5.75 Å². The van der Waals surface area contributed by atoms with E-state index >= 15 is 0 Å². The van der Waals surface area contributed by atoms with Crippen LogP contribution >= 0.6 is 0 Å². The molecule has 1 aliphatic rings. The number of carbonyl (C=O) groups excluding carboxylic acids is 1. The summed E-state index contributed by atoms with van der Waals surface area (Å²) in [5.74, 6) is 1.08. The van der Waals surface area contributed by atoms with Crippen molar-refractivity contribution in [2.24, 2.45) is 0 Å². The summed E-state index contributed by atoms with van der Waals surface area (Å²) in [4.78, 5) is 18.1. The fourth-order valence-electron chi connectivity index (χ4n) is 2.38. The quantitative estimate of drug-likeness (QED) is 0.906. The first kappa shape index (κ1) is 13.6. The smallest absolute Gasteiger partial charge is 0.276 e. The van der Waals surface area contributed by atoms with Crippen molar-refractivity contribution in [1.82, 2.24) is 9.88 Å². The van der Waals surface area contributed by atoms with Crippen LogP contribution in [0.3, 0.4) is 0 Å². The highest BCUT2D eigenvalue weighted by Gasteiger charge is 2.24. The number of benzene rings is 1. The van der Waals surface area contributed by atoms with Crippen molar-refractivity contribution < 1.29 is 19.1 Å². The SMILES string of the molecule is Cc1ocnc1C(=O)N1CCOc2ccc(CO)cc2C1. The summed E-state index contributed by atoms with van der Waals surface area (Å²) in [6, 6.07) is 5.50. The molecule has 21 heavy (non-hydrogen) atoms. The fraction of sp³-hybridized carbons (Fsp3) is 0.333. The van der Waals surface area contributed by atoms with Crippen molar-refractivity contribution in [2.75, 3.05) is 13.2 Å². The molecule has 6 nitrogen and oxygen atoms in total. The summed E-state index contributed by atoms with van der Waals surface area (Å²) in [5.41, 5.74) is 2.01. The zero-order chi connectivity index (χ0) is 14.8. The molecular formula is C15H16N2O4. The Labute approximate surface area is 122 Å². The first-order valence-electron chi connectivity index (χ1n) is 6.74. The third-order valence-corrected chi connectivity index (χ3v) is 3.52. The average Bonchev–Trinajstić information content (AvgIpc) is 2.81. The van der Waals surface area contributed by atoms with E-state index in [0.29, 0.717) is 31.2 Å². The Balaban J connectivity index is 1.88. The number of hydrogen-bond donors (Lipinski definition) is 1. The largest absolute Gasteiger partial charge is 0.491 e. The second-order valence-corrected chi connectivity index (χ2v) is 4.93. The van der Waals surface area contributed by atoms with Crippen molar-refractivity contribution >= 4 is 5.91 Å². The number of hydrogen-bond acceptors (Lipinski definition) is 5. The number of rotatable bonds is 2. The van der Waals surface area contributed by atoms with E-state index in [4.69, 9.17) is 9.15 Å². The number of carbonyl (C=O) groups is 1. The van der Waals surface area contributed by atoms with Gasteiger partial charge in [-0.05, 0) is 24.6 Å². The Hall–Kier alpha value is -2.34. The summed E-state index contributed by atoms with van der Waals surface area (Å²) in [5, 5.41) is 9.23. The fourth-order valence-corrected chi connectivity index (χ4v) is 2.38. The van der Waals surface area contributed by atoms with E-state index in [-0.39, 0.29) is 12.5 Å². The molecule has 6 heteroatoms. The van der Waals surface area contributed by atoms with Gasteiger partial charge in [0.15, 0.2) is 12.1 Å². The van der Waals surface area contributed by atoms with Gasteiger partial charge in [0.25, 0.3) is 5.91 Å². The first-order chi connectivity index (χ1) is 10.2. The highest BCUT2D eigenvalue weighted by atomic mass is 16.5. The molecule has 1 N–H and O–H groups in total. The Kier molecular flexibility index (Phi) is 3.62. The molecule has 2 aromatic rings. The molecule has 0 saturated heterocycles. The van der Waals surface area contributed by atoms with Gasteiger partial charge in [0.05, 0.1) is 13.2 Å². The molecule has 0 spiro atoms. The zero-order valence-electron chi connectivity index (χ0n) is 11.7. The van der Waals surface area contributed by atoms with Crippen molar-refractivity contribution in [3.05, 3.63) is 47.2 Å². The summed E-state index contributed by atoms with van der Waals surface area (Å²) < 4.78 is 10.7. The Morgan fingerprint density at radius 2 is 2.33 bits per heavy atom.